The number of benzene rings is 1. The molecule has 0 saturated heterocycles. The van der Waals surface area contributed by atoms with Crippen LogP contribution in [0.1, 0.15) is 48.9 Å². The second-order valence-electron chi connectivity index (χ2n) is 5.15. The lowest BCUT2D eigenvalue weighted by Crippen LogP contribution is -2.43. The van der Waals surface area contributed by atoms with Crippen molar-refractivity contribution in [3.63, 3.8) is 0 Å². The largest absolute Gasteiger partial charge is 0.325 e. The minimum atomic E-state index is -0.990. The molecule has 0 amide bonds. The molecular weight excluding hydrogens is 236 g/mol. The SMILES string of the molecule is NC1(CC(=O)c2ccc(F)c(F)c2)CCCCC1. The predicted octanol–water partition coefficient (Wildman–Crippen LogP) is 3.20. The van der Waals surface area contributed by atoms with Crippen LogP contribution in [0.4, 0.5) is 8.78 Å². The molecule has 0 atom stereocenters. The molecule has 0 spiro atoms. The fraction of sp³-hybridized carbons (Fsp3) is 0.500. The Hall–Kier alpha value is -1.29. The summed E-state index contributed by atoms with van der Waals surface area (Å²) in [6, 6.07) is 3.24. The molecule has 0 aromatic heterocycles. The maximum atomic E-state index is 13.1. The highest BCUT2D eigenvalue weighted by molar-refractivity contribution is 5.96. The van der Waals surface area contributed by atoms with Crippen LogP contribution in [0.25, 0.3) is 0 Å². The molecule has 1 aromatic rings. The Morgan fingerprint density at radius 2 is 1.83 bits per heavy atom. The molecule has 0 bridgehead atoms. The van der Waals surface area contributed by atoms with Gasteiger partial charge in [0.15, 0.2) is 17.4 Å². The second kappa shape index (κ2) is 5.14. The van der Waals surface area contributed by atoms with Gasteiger partial charge in [-0.05, 0) is 31.0 Å². The molecule has 0 radical (unpaired) electrons. The molecule has 1 fully saturated rings. The molecule has 2 rings (SSSR count). The number of rotatable bonds is 3. The summed E-state index contributed by atoms with van der Waals surface area (Å²) in [7, 11) is 0. The van der Waals surface area contributed by atoms with Crippen molar-refractivity contribution in [3.05, 3.63) is 35.4 Å². The van der Waals surface area contributed by atoms with E-state index in [0.717, 1.165) is 44.2 Å². The van der Waals surface area contributed by atoms with Gasteiger partial charge < -0.3 is 5.73 Å². The Labute approximate surface area is 105 Å². The number of Topliss-reactive ketones (excluding diaryl/α,β-unsaturated/α-hetero) is 1. The van der Waals surface area contributed by atoms with Crippen LogP contribution < -0.4 is 5.73 Å². The van der Waals surface area contributed by atoms with E-state index < -0.39 is 17.2 Å². The van der Waals surface area contributed by atoms with Crippen molar-refractivity contribution in [1.82, 2.24) is 0 Å². The smallest absolute Gasteiger partial charge is 0.164 e. The summed E-state index contributed by atoms with van der Waals surface area (Å²) in [6.07, 6.45) is 5.06. The number of carbonyl (C=O) groups is 1. The Morgan fingerprint density at radius 1 is 1.17 bits per heavy atom. The number of hydrogen-bond acceptors (Lipinski definition) is 2. The van der Waals surface area contributed by atoms with E-state index in [1.165, 1.54) is 6.07 Å². The van der Waals surface area contributed by atoms with Crippen molar-refractivity contribution < 1.29 is 13.6 Å². The van der Waals surface area contributed by atoms with E-state index in [1.54, 1.807) is 0 Å². The second-order valence-corrected chi connectivity index (χ2v) is 5.15. The summed E-state index contributed by atoms with van der Waals surface area (Å²) in [5, 5.41) is 0. The van der Waals surface area contributed by atoms with Crippen LogP contribution in [0.5, 0.6) is 0 Å². The number of hydrogen-bond donors (Lipinski definition) is 1. The summed E-state index contributed by atoms with van der Waals surface area (Å²) < 4.78 is 25.8. The minimum absolute atomic E-state index is 0.198. The predicted molar refractivity (Wildman–Crippen MR) is 65.3 cm³/mol. The monoisotopic (exact) mass is 253 g/mol. The lowest BCUT2D eigenvalue weighted by atomic mass is 9.78. The fourth-order valence-electron chi connectivity index (χ4n) is 2.52. The summed E-state index contributed by atoms with van der Waals surface area (Å²) in [4.78, 5) is 12.0. The van der Waals surface area contributed by atoms with E-state index in [4.69, 9.17) is 5.73 Å². The van der Waals surface area contributed by atoms with Crippen molar-refractivity contribution in [1.29, 1.82) is 0 Å². The third-order valence-electron chi connectivity index (χ3n) is 3.60. The van der Waals surface area contributed by atoms with Gasteiger partial charge in [-0.15, -0.1) is 0 Å². The van der Waals surface area contributed by atoms with Gasteiger partial charge in [0.2, 0.25) is 0 Å². The quantitative estimate of drug-likeness (QED) is 0.840. The first-order valence-corrected chi connectivity index (χ1v) is 6.27. The highest BCUT2D eigenvalue weighted by Crippen LogP contribution is 2.29. The zero-order valence-electron chi connectivity index (χ0n) is 10.2. The third kappa shape index (κ3) is 2.93. The average Bonchev–Trinajstić information content (AvgIpc) is 2.33. The van der Waals surface area contributed by atoms with E-state index >= 15 is 0 Å². The first-order chi connectivity index (χ1) is 8.50. The van der Waals surface area contributed by atoms with Gasteiger partial charge in [0.25, 0.3) is 0 Å². The molecule has 0 heterocycles. The number of ketones is 1. The summed E-state index contributed by atoms with van der Waals surface area (Å²) in [5.74, 6) is -2.14. The zero-order valence-corrected chi connectivity index (χ0v) is 10.2. The molecule has 98 valence electrons. The van der Waals surface area contributed by atoms with Crippen LogP contribution in [0, 0.1) is 11.6 Å². The van der Waals surface area contributed by atoms with Gasteiger partial charge in [-0.2, -0.15) is 0 Å². The first kappa shape index (κ1) is 13.1. The Balaban J connectivity index is 2.09. The van der Waals surface area contributed by atoms with Crippen molar-refractivity contribution in [2.24, 2.45) is 5.73 Å². The van der Waals surface area contributed by atoms with Gasteiger partial charge >= 0.3 is 0 Å². The van der Waals surface area contributed by atoms with E-state index in [2.05, 4.69) is 0 Å². The minimum Gasteiger partial charge on any atom is -0.325 e. The van der Waals surface area contributed by atoms with Crippen LogP contribution in [0.15, 0.2) is 18.2 Å². The van der Waals surface area contributed by atoms with Gasteiger partial charge in [-0.3, -0.25) is 4.79 Å². The van der Waals surface area contributed by atoms with Crippen LogP contribution >= 0.6 is 0 Å². The molecule has 0 unspecified atom stereocenters. The highest BCUT2D eigenvalue weighted by atomic mass is 19.2. The van der Waals surface area contributed by atoms with Crippen molar-refractivity contribution in [2.75, 3.05) is 0 Å². The standard InChI is InChI=1S/C14H17F2NO/c15-11-5-4-10(8-12(11)16)13(18)9-14(17)6-2-1-3-7-14/h4-5,8H,1-3,6-7,9,17H2. The van der Waals surface area contributed by atoms with Gasteiger partial charge in [-0.25, -0.2) is 8.78 Å². The molecule has 4 heteroatoms. The summed E-state index contributed by atoms with van der Waals surface area (Å²) in [5.41, 5.74) is 5.90. The molecule has 1 aliphatic carbocycles. The molecule has 2 N–H and O–H groups in total. The molecule has 1 saturated carbocycles. The van der Waals surface area contributed by atoms with Crippen LogP contribution in [0.3, 0.4) is 0 Å². The van der Waals surface area contributed by atoms with Gasteiger partial charge in [0, 0.05) is 17.5 Å². The Kier molecular flexibility index (Phi) is 3.76. The van der Waals surface area contributed by atoms with Crippen molar-refractivity contribution in [3.8, 4) is 0 Å². The first-order valence-electron chi connectivity index (χ1n) is 6.27. The lowest BCUT2D eigenvalue weighted by molar-refractivity contribution is 0.0934. The molecule has 1 aliphatic rings. The van der Waals surface area contributed by atoms with E-state index in [9.17, 15) is 13.6 Å². The molecule has 18 heavy (non-hydrogen) atoms. The summed E-state index contributed by atoms with van der Waals surface area (Å²) in [6.45, 7) is 0. The highest BCUT2D eigenvalue weighted by Gasteiger charge is 2.30. The maximum absolute atomic E-state index is 13.1. The number of nitrogens with two attached hydrogens (primary N) is 1. The van der Waals surface area contributed by atoms with Crippen LogP contribution in [0.2, 0.25) is 0 Å². The number of halogens is 2. The van der Waals surface area contributed by atoms with E-state index in [1.807, 2.05) is 0 Å². The average molecular weight is 253 g/mol. The van der Waals surface area contributed by atoms with Crippen molar-refractivity contribution in [2.45, 2.75) is 44.1 Å². The maximum Gasteiger partial charge on any atom is 0.164 e. The zero-order chi connectivity index (χ0) is 13.2. The molecule has 2 nitrogen and oxygen atoms in total. The normalized spacial score (nSPS) is 18.6. The van der Waals surface area contributed by atoms with Crippen molar-refractivity contribution >= 4 is 5.78 Å². The van der Waals surface area contributed by atoms with E-state index in [-0.39, 0.29) is 17.8 Å². The van der Waals surface area contributed by atoms with Crippen LogP contribution in [-0.4, -0.2) is 11.3 Å². The summed E-state index contributed by atoms with van der Waals surface area (Å²) >= 11 is 0. The Bertz CT molecular complexity index is 453. The number of carbonyl (C=O) groups excluding carboxylic acids is 1. The van der Waals surface area contributed by atoms with Gasteiger partial charge in [0.05, 0.1) is 0 Å². The van der Waals surface area contributed by atoms with Gasteiger partial charge in [-0.1, -0.05) is 19.3 Å². The van der Waals surface area contributed by atoms with E-state index in [0.29, 0.717) is 0 Å². The Morgan fingerprint density at radius 3 is 2.44 bits per heavy atom. The van der Waals surface area contributed by atoms with Crippen LogP contribution in [-0.2, 0) is 0 Å². The molecule has 1 aromatic carbocycles. The molecular formula is C14H17F2NO. The van der Waals surface area contributed by atoms with Gasteiger partial charge in [0.1, 0.15) is 0 Å². The fourth-order valence-corrected chi connectivity index (χ4v) is 2.52. The molecule has 0 aliphatic heterocycles. The third-order valence-corrected chi connectivity index (χ3v) is 3.60. The topological polar surface area (TPSA) is 43.1 Å². The lowest BCUT2D eigenvalue weighted by Gasteiger charge is -2.32.